The highest BCUT2D eigenvalue weighted by Gasteiger charge is 2.38. The van der Waals surface area contributed by atoms with Gasteiger partial charge in [0.2, 0.25) is 0 Å². The molecular formula is C12H15N3O5. The molecule has 0 spiro atoms. The standard InChI is InChI=1S/C12H15N3O5/c13-11(18)20-8-1-2-9(14-3-8)10(17)15-4-12(5-16)6-19-7-12/h1-3,16H,4-7H2,(H2,13,18)(H,15,17). The lowest BCUT2D eigenvalue weighted by molar-refractivity contribution is -0.133. The third-order valence-corrected chi connectivity index (χ3v) is 2.96. The van der Waals surface area contributed by atoms with Gasteiger partial charge in [0.05, 0.1) is 31.4 Å². The normalized spacial score (nSPS) is 16.1. The zero-order valence-corrected chi connectivity index (χ0v) is 10.7. The monoisotopic (exact) mass is 281 g/mol. The summed E-state index contributed by atoms with van der Waals surface area (Å²) in [6.45, 7) is 1.10. The van der Waals surface area contributed by atoms with Crippen LogP contribution in [0, 0.1) is 5.41 Å². The molecule has 0 bridgehead atoms. The van der Waals surface area contributed by atoms with Gasteiger partial charge in [-0.25, -0.2) is 9.78 Å². The number of rotatable bonds is 5. The van der Waals surface area contributed by atoms with Crippen molar-refractivity contribution in [2.24, 2.45) is 11.1 Å². The zero-order chi connectivity index (χ0) is 14.6. The van der Waals surface area contributed by atoms with E-state index in [2.05, 4.69) is 15.0 Å². The minimum Gasteiger partial charge on any atom is -0.409 e. The highest BCUT2D eigenvalue weighted by Crippen LogP contribution is 2.25. The van der Waals surface area contributed by atoms with Crippen LogP contribution in [0.15, 0.2) is 18.3 Å². The predicted molar refractivity (Wildman–Crippen MR) is 67.1 cm³/mol. The van der Waals surface area contributed by atoms with Crippen LogP contribution >= 0.6 is 0 Å². The number of nitrogens with one attached hydrogen (secondary N) is 1. The number of carbonyl (C=O) groups is 2. The average Bonchev–Trinajstić information content (AvgIpc) is 2.38. The summed E-state index contributed by atoms with van der Waals surface area (Å²) >= 11 is 0. The number of carbonyl (C=O) groups excluding carboxylic acids is 2. The molecule has 1 aromatic rings. The van der Waals surface area contributed by atoms with Crippen LogP contribution in [0.2, 0.25) is 0 Å². The number of nitrogens with zero attached hydrogens (tertiary/aromatic N) is 1. The molecule has 0 aliphatic carbocycles. The van der Waals surface area contributed by atoms with E-state index in [4.69, 9.17) is 10.5 Å². The Kier molecular flexibility index (Phi) is 4.16. The molecule has 1 fully saturated rings. The van der Waals surface area contributed by atoms with E-state index in [1.807, 2.05) is 0 Å². The smallest absolute Gasteiger partial charge is 0.409 e. The second-order valence-corrected chi connectivity index (χ2v) is 4.63. The fourth-order valence-electron chi connectivity index (χ4n) is 1.69. The van der Waals surface area contributed by atoms with Gasteiger partial charge in [0.1, 0.15) is 5.69 Å². The number of aromatic nitrogens is 1. The molecule has 1 aromatic heterocycles. The SMILES string of the molecule is NC(=O)Oc1ccc(C(=O)NCC2(CO)COC2)nc1. The minimum absolute atomic E-state index is 0.0495. The van der Waals surface area contributed by atoms with Crippen LogP contribution < -0.4 is 15.8 Å². The number of ether oxygens (including phenoxy) is 2. The van der Waals surface area contributed by atoms with Gasteiger partial charge < -0.3 is 25.6 Å². The molecule has 2 rings (SSSR count). The van der Waals surface area contributed by atoms with Gasteiger partial charge in [0.15, 0.2) is 5.75 Å². The Morgan fingerprint density at radius 1 is 1.50 bits per heavy atom. The van der Waals surface area contributed by atoms with Crippen molar-refractivity contribution in [3.8, 4) is 5.75 Å². The number of hydrogen-bond acceptors (Lipinski definition) is 6. The largest absolute Gasteiger partial charge is 0.410 e. The molecule has 2 heterocycles. The molecule has 1 saturated heterocycles. The highest BCUT2D eigenvalue weighted by atomic mass is 16.5. The first-order chi connectivity index (χ1) is 9.54. The van der Waals surface area contributed by atoms with E-state index in [9.17, 15) is 14.7 Å². The van der Waals surface area contributed by atoms with Crippen molar-refractivity contribution < 1.29 is 24.2 Å². The molecule has 108 valence electrons. The van der Waals surface area contributed by atoms with Crippen LogP contribution in [-0.2, 0) is 4.74 Å². The van der Waals surface area contributed by atoms with Crippen molar-refractivity contribution >= 4 is 12.0 Å². The molecule has 20 heavy (non-hydrogen) atoms. The first kappa shape index (κ1) is 14.2. The maximum absolute atomic E-state index is 11.9. The maximum Gasteiger partial charge on any atom is 0.410 e. The van der Waals surface area contributed by atoms with Gasteiger partial charge in [0.25, 0.3) is 5.91 Å². The molecule has 0 aromatic carbocycles. The number of aliphatic hydroxyl groups is 1. The quantitative estimate of drug-likeness (QED) is 0.654. The summed E-state index contributed by atoms with van der Waals surface area (Å²) in [6.07, 6.45) is 0.285. The third kappa shape index (κ3) is 3.22. The van der Waals surface area contributed by atoms with Gasteiger partial charge in [-0.3, -0.25) is 4.79 Å². The minimum atomic E-state index is -0.945. The predicted octanol–water partition coefficient (Wildman–Crippen LogP) is -0.722. The lowest BCUT2D eigenvalue weighted by Gasteiger charge is -2.39. The molecule has 8 nitrogen and oxygen atoms in total. The van der Waals surface area contributed by atoms with E-state index >= 15 is 0 Å². The Balaban J connectivity index is 1.90. The van der Waals surface area contributed by atoms with E-state index in [1.54, 1.807) is 0 Å². The molecule has 0 radical (unpaired) electrons. The number of nitrogens with two attached hydrogens (primary N) is 1. The third-order valence-electron chi connectivity index (χ3n) is 2.96. The van der Waals surface area contributed by atoms with E-state index in [1.165, 1.54) is 18.3 Å². The summed E-state index contributed by atoms with van der Waals surface area (Å²) in [5, 5.41) is 11.9. The van der Waals surface area contributed by atoms with Crippen LogP contribution in [0.25, 0.3) is 0 Å². The number of hydrogen-bond donors (Lipinski definition) is 3. The fraction of sp³-hybridized carbons (Fsp3) is 0.417. The second-order valence-electron chi connectivity index (χ2n) is 4.63. The van der Waals surface area contributed by atoms with Crippen LogP contribution in [0.1, 0.15) is 10.5 Å². The maximum atomic E-state index is 11.9. The summed E-state index contributed by atoms with van der Waals surface area (Å²) < 4.78 is 9.63. The Morgan fingerprint density at radius 2 is 2.25 bits per heavy atom. The molecule has 4 N–H and O–H groups in total. The molecule has 0 unspecified atom stereocenters. The van der Waals surface area contributed by atoms with Crippen molar-refractivity contribution in [1.82, 2.24) is 10.3 Å². The van der Waals surface area contributed by atoms with Crippen molar-refractivity contribution in [3.63, 3.8) is 0 Å². The number of primary amides is 1. The average molecular weight is 281 g/mol. The fourth-order valence-corrected chi connectivity index (χ4v) is 1.69. The Labute approximate surface area is 114 Å². The first-order valence-electron chi connectivity index (χ1n) is 5.95. The molecule has 8 heteroatoms. The van der Waals surface area contributed by atoms with Gasteiger partial charge in [0, 0.05) is 6.54 Å². The number of amides is 2. The molecule has 0 atom stereocenters. The van der Waals surface area contributed by atoms with Gasteiger partial charge in [-0.1, -0.05) is 0 Å². The molecule has 1 aliphatic rings. The summed E-state index contributed by atoms with van der Waals surface area (Å²) in [5.41, 5.74) is 4.63. The Bertz CT molecular complexity index is 493. The summed E-state index contributed by atoms with van der Waals surface area (Å²) in [5.74, 6) is -0.219. The van der Waals surface area contributed by atoms with Crippen molar-refractivity contribution in [2.45, 2.75) is 0 Å². The van der Waals surface area contributed by atoms with Crippen LogP contribution in [0.3, 0.4) is 0 Å². The van der Waals surface area contributed by atoms with E-state index in [0.717, 1.165) is 0 Å². The van der Waals surface area contributed by atoms with Crippen molar-refractivity contribution in [2.75, 3.05) is 26.4 Å². The molecule has 0 saturated carbocycles. The highest BCUT2D eigenvalue weighted by molar-refractivity contribution is 5.92. The van der Waals surface area contributed by atoms with Gasteiger partial charge >= 0.3 is 6.09 Å². The molecular weight excluding hydrogens is 266 g/mol. The van der Waals surface area contributed by atoms with Crippen molar-refractivity contribution in [1.29, 1.82) is 0 Å². The van der Waals surface area contributed by atoms with Crippen LogP contribution in [0.4, 0.5) is 4.79 Å². The second kappa shape index (κ2) is 5.85. The topological polar surface area (TPSA) is 124 Å². The summed E-state index contributed by atoms with van der Waals surface area (Å²) in [4.78, 5) is 26.2. The molecule has 1 aliphatic heterocycles. The number of pyridine rings is 1. The molecule has 2 amide bonds. The zero-order valence-electron chi connectivity index (χ0n) is 10.7. The Morgan fingerprint density at radius 3 is 2.70 bits per heavy atom. The van der Waals surface area contributed by atoms with Crippen molar-refractivity contribution in [3.05, 3.63) is 24.0 Å². The first-order valence-corrected chi connectivity index (χ1v) is 5.95. The summed E-state index contributed by atoms with van der Waals surface area (Å²) in [6, 6.07) is 2.83. The van der Waals surface area contributed by atoms with E-state index in [-0.39, 0.29) is 24.0 Å². The van der Waals surface area contributed by atoms with E-state index < -0.39 is 11.5 Å². The van der Waals surface area contributed by atoms with Gasteiger partial charge in [-0.2, -0.15) is 0 Å². The van der Waals surface area contributed by atoms with Crippen LogP contribution in [-0.4, -0.2) is 48.5 Å². The number of aliphatic hydroxyl groups excluding tert-OH is 1. The van der Waals surface area contributed by atoms with Crippen LogP contribution in [0.5, 0.6) is 5.75 Å². The lowest BCUT2D eigenvalue weighted by atomic mass is 9.87. The van der Waals surface area contributed by atoms with E-state index in [0.29, 0.717) is 19.8 Å². The Hall–Kier alpha value is -2.19. The summed E-state index contributed by atoms with van der Waals surface area (Å²) in [7, 11) is 0. The lowest BCUT2D eigenvalue weighted by Crippen LogP contribution is -2.53. The van der Waals surface area contributed by atoms with Gasteiger partial charge in [-0.15, -0.1) is 0 Å². The van der Waals surface area contributed by atoms with Gasteiger partial charge in [-0.05, 0) is 12.1 Å².